The number of carbonyl (C=O) groups is 1. The highest BCUT2D eigenvalue weighted by molar-refractivity contribution is 7.98. The van der Waals surface area contributed by atoms with E-state index in [4.69, 9.17) is 0 Å². The van der Waals surface area contributed by atoms with E-state index in [9.17, 15) is 4.79 Å². The molecule has 0 radical (unpaired) electrons. The molecule has 0 aliphatic heterocycles. The summed E-state index contributed by atoms with van der Waals surface area (Å²) in [6, 6.07) is 18.0. The van der Waals surface area contributed by atoms with Gasteiger partial charge in [-0.15, -0.1) is 11.8 Å². The van der Waals surface area contributed by atoms with E-state index in [1.807, 2.05) is 60.5 Å². The number of amides is 2. The Morgan fingerprint density at radius 3 is 2.68 bits per heavy atom. The molecule has 0 heterocycles. The third-order valence-electron chi connectivity index (χ3n) is 2.97. The quantitative estimate of drug-likeness (QED) is 0.581. The lowest BCUT2D eigenvalue weighted by Crippen LogP contribution is -2.30. The lowest BCUT2D eigenvalue weighted by atomic mass is 10.2. The predicted molar refractivity (Wildman–Crippen MR) is 97.8 cm³/mol. The average Bonchev–Trinajstić information content (AvgIpc) is 2.55. The van der Waals surface area contributed by atoms with Gasteiger partial charge in [-0.25, -0.2) is 4.79 Å². The number of anilines is 1. The van der Waals surface area contributed by atoms with Crippen molar-refractivity contribution in [3.63, 3.8) is 0 Å². The molecule has 0 aliphatic carbocycles. The van der Waals surface area contributed by atoms with Crippen LogP contribution in [0.4, 0.5) is 10.5 Å². The van der Waals surface area contributed by atoms with E-state index in [2.05, 4.69) is 22.8 Å². The van der Waals surface area contributed by atoms with Crippen LogP contribution in [0.3, 0.4) is 0 Å². The van der Waals surface area contributed by atoms with Crippen molar-refractivity contribution in [3.8, 4) is 0 Å². The van der Waals surface area contributed by atoms with Gasteiger partial charge < -0.3 is 10.6 Å². The maximum Gasteiger partial charge on any atom is 0.319 e. The van der Waals surface area contributed by atoms with Crippen LogP contribution in [-0.2, 0) is 5.75 Å². The van der Waals surface area contributed by atoms with Gasteiger partial charge in [0.2, 0.25) is 0 Å². The third kappa shape index (κ3) is 6.03. The van der Waals surface area contributed by atoms with Crippen molar-refractivity contribution in [2.75, 3.05) is 23.9 Å². The molecule has 0 atom stereocenters. The van der Waals surface area contributed by atoms with E-state index >= 15 is 0 Å². The average molecular weight is 332 g/mol. The van der Waals surface area contributed by atoms with Crippen LogP contribution in [0.1, 0.15) is 5.56 Å². The Balaban J connectivity index is 1.63. The predicted octanol–water partition coefficient (Wildman–Crippen LogP) is 4.46. The van der Waals surface area contributed by atoms with Crippen molar-refractivity contribution in [3.05, 3.63) is 60.2 Å². The van der Waals surface area contributed by atoms with E-state index < -0.39 is 0 Å². The fourth-order valence-electron chi connectivity index (χ4n) is 1.88. The summed E-state index contributed by atoms with van der Waals surface area (Å²) in [5.74, 6) is 1.87. The van der Waals surface area contributed by atoms with Gasteiger partial charge in [-0.3, -0.25) is 0 Å². The molecule has 0 aromatic heterocycles. The zero-order chi connectivity index (χ0) is 15.6. The number of benzene rings is 2. The highest BCUT2D eigenvalue weighted by atomic mass is 32.2. The largest absolute Gasteiger partial charge is 0.337 e. The Labute approximate surface area is 140 Å². The van der Waals surface area contributed by atoms with Crippen molar-refractivity contribution in [1.29, 1.82) is 0 Å². The molecule has 0 fully saturated rings. The van der Waals surface area contributed by atoms with Crippen molar-refractivity contribution in [2.24, 2.45) is 0 Å². The Bertz CT molecular complexity index is 590. The first-order valence-electron chi connectivity index (χ1n) is 7.08. The molecule has 0 saturated heterocycles. The Morgan fingerprint density at radius 1 is 1.09 bits per heavy atom. The van der Waals surface area contributed by atoms with E-state index in [1.165, 1.54) is 5.56 Å². The van der Waals surface area contributed by atoms with Crippen LogP contribution in [0.2, 0.25) is 0 Å². The first-order chi connectivity index (χ1) is 10.8. The van der Waals surface area contributed by atoms with E-state index in [0.29, 0.717) is 6.54 Å². The van der Waals surface area contributed by atoms with Gasteiger partial charge in [-0.2, -0.15) is 11.8 Å². The molecule has 2 rings (SSSR count). The number of urea groups is 1. The Kier molecular flexibility index (Phi) is 7.19. The second-order valence-electron chi connectivity index (χ2n) is 4.65. The first-order valence-corrected chi connectivity index (χ1v) is 9.46. The minimum Gasteiger partial charge on any atom is -0.337 e. The van der Waals surface area contributed by atoms with Crippen LogP contribution in [-0.4, -0.2) is 24.6 Å². The molecule has 0 aliphatic rings. The number of nitrogens with one attached hydrogen (secondary N) is 2. The highest BCUT2D eigenvalue weighted by Gasteiger charge is 2.01. The summed E-state index contributed by atoms with van der Waals surface area (Å²) >= 11 is 3.47. The minimum absolute atomic E-state index is 0.154. The SMILES string of the molecule is CSc1cccc(NC(=O)NCCSCc2ccccc2)c1. The molecule has 2 amide bonds. The molecule has 22 heavy (non-hydrogen) atoms. The lowest BCUT2D eigenvalue weighted by molar-refractivity contribution is 0.252. The van der Waals surface area contributed by atoms with Crippen LogP contribution in [0.25, 0.3) is 0 Å². The fraction of sp³-hybridized carbons (Fsp3) is 0.235. The summed E-state index contributed by atoms with van der Waals surface area (Å²) in [4.78, 5) is 12.9. The van der Waals surface area contributed by atoms with Crippen LogP contribution in [0, 0.1) is 0 Å². The third-order valence-corrected chi connectivity index (χ3v) is 4.73. The van der Waals surface area contributed by atoms with Gasteiger partial charge in [0.1, 0.15) is 0 Å². The molecular weight excluding hydrogens is 312 g/mol. The Morgan fingerprint density at radius 2 is 1.91 bits per heavy atom. The molecule has 5 heteroatoms. The molecule has 0 unspecified atom stereocenters. The molecule has 0 spiro atoms. The minimum atomic E-state index is -0.154. The van der Waals surface area contributed by atoms with Gasteiger partial charge in [-0.1, -0.05) is 36.4 Å². The van der Waals surface area contributed by atoms with Crippen molar-refractivity contribution < 1.29 is 4.79 Å². The van der Waals surface area contributed by atoms with Gasteiger partial charge in [0.15, 0.2) is 0 Å². The zero-order valence-corrected chi connectivity index (χ0v) is 14.2. The summed E-state index contributed by atoms with van der Waals surface area (Å²) in [6.07, 6.45) is 2.02. The number of carbonyl (C=O) groups excluding carboxylic acids is 1. The van der Waals surface area contributed by atoms with E-state index in [1.54, 1.807) is 11.8 Å². The first kappa shape index (κ1) is 16.8. The summed E-state index contributed by atoms with van der Waals surface area (Å²) in [6.45, 7) is 0.658. The van der Waals surface area contributed by atoms with Crippen molar-refractivity contribution >= 4 is 35.2 Å². The van der Waals surface area contributed by atoms with Gasteiger partial charge in [0.25, 0.3) is 0 Å². The van der Waals surface area contributed by atoms with Crippen LogP contribution in [0.5, 0.6) is 0 Å². The second kappa shape index (κ2) is 9.43. The van der Waals surface area contributed by atoms with Crippen LogP contribution in [0.15, 0.2) is 59.5 Å². The summed E-state index contributed by atoms with van der Waals surface area (Å²) < 4.78 is 0. The van der Waals surface area contributed by atoms with Crippen molar-refractivity contribution in [1.82, 2.24) is 5.32 Å². The lowest BCUT2D eigenvalue weighted by Gasteiger charge is -2.08. The zero-order valence-electron chi connectivity index (χ0n) is 12.5. The maximum atomic E-state index is 11.8. The fourth-order valence-corrected chi connectivity index (χ4v) is 3.16. The molecule has 0 saturated carbocycles. The summed E-state index contributed by atoms with van der Waals surface area (Å²) in [5.41, 5.74) is 2.13. The number of hydrogen-bond acceptors (Lipinski definition) is 3. The monoisotopic (exact) mass is 332 g/mol. The molecular formula is C17H20N2OS2. The van der Waals surface area contributed by atoms with Gasteiger partial charge >= 0.3 is 6.03 Å². The normalized spacial score (nSPS) is 10.2. The molecule has 0 bridgehead atoms. The summed E-state index contributed by atoms with van der Waals surface area (Å²) in [7, 11) is 0. The van der Waals surface area contributed by atoms with Crippen LogP contribution < -0.4 is 10.6 Å². The molecule has 2 N–H and O–H groups in total. The highest BCUT2D eigenvalue weighted by Crippen LogP contribution is 2.18. The smallest absolute Gasteiger partial charge is 0.319 e. The maximum absolute atomic E-state index is 11.8. The van der Waals surface area contributed by atoms with Gasteiger partial charge in [0.05, 0.1) is 0 Å². The molecule has 2 aromatic carbocycles. The Hall–Kier alpha value is -1.59. The van der Waals surface area contributed by atoms with E-state index in [-0.39, 0.29) is 6.03 Å². The molecule has 2 aromatic rings. The molecule has 3 nitrogen and oxygen atoms in total. The van der Waals surface area contributed by atoms with Crippen LogP contribution >= 0.6 is 23.5 Å². The van der Waals surface area contributed by atoms with Gasteiger partial charge in [0, 0.05) is 28.6 Å². The molecule has 116 valence electrons. The summed E-state index contributed by atoms with van der Waals surface area (Å²) in [5, 5.41) is 5.73. The topological polar surface area (TPSA) is 41.1 Å². The number of thioether (sulfide) groups is 2. The van der Waals surface area contributed by atoms with Gasteiger partial charge in [-0.05, 0) is 30.0 Å². The standard InChI is InChI=1S/C17H20N2OS2/c1-21-16-9-5-8-15(12-16)19-17(20)18-10-11-22-13-14-6-3-2-4-7-14/h2-9,12H,10-11,13H2,1H3,(H2,18,19,20). The van der Waals surface area contributed by atoms with E-state index in [0.717, 1.165) is 22.1 Å². The number of hydrogen-bond donors (Lipinski definition) is 2. The second-order valence-corrected chi connectivity index (χ2v) is 6.64. The number of rotatable bonds is 7. The van der Waals surface area contributed by atoms with Crippen molar-refractivity contribution in [2.45, 2.75) is 10.6 Å².